The van der Waals surface area contributed by atoms with Crippen molar-refractivity contribution >= 4 is 11.7 Å². The van der Waals surface area contributed by atoms with Crippen LogP contribution >= 0.6 is 0 Å². The minimum atomic E-state index is -0.399. The normalized spacial score (nSPS) is 12.2. The first-order valence-electron chi connectivity index (χ1n) is 6.77. The molecular weight excluding hydrogens is 240 g/mol. The minimum Gasteiger partial charge on any atom is -0.370 e. The zero-order valence-corrected chi connectivity index (χ0v) is 11.7. The van der Waals surface area contributed by atoms with Gasteiger partial charge in [0.1, 0.15) is 5.82 Å². The van der Waals surface area contributed by atoms with Crippen LogP contribution in [0.3, 0.4) is 0 Å². The number of amides is 1. The zero-order chi connectivity index (χ0) is 14.1. The van der Waals surface area contributed by atoms with E-state index in [9.17, 15) is 4.79 Å². The Kier molecular flexibility index (Phi) is 6.89. The maximum atomic E-state index is 11.6. The highest BCUT2D eigenvalue weighted by atomic mass is 16.2. The summed E-state index contributed by atoms with van der Waals surface area (Å²) in [5.41, 5.74) is 5.79. The fourth-order valence-electron chi connectivity index (χ4n) is 1.73. The van der Waals surface area contributed by atoms with Gasteiger partial charge >= 0.3 is 0 Å². The third-order valence-electron chi connectivity index (χ3n) is 2.69. The van der Waals surface area contributed by atoms with Crippen molar-refractivity contribution < 1.29 is 4.79 Å². The highest BCUT2D eigenvalue weighted by Crippen LogP contribution is 2.02. The van der Waals surface area contributed by atoms with E-state index in [0.717, 1.165) is 25.2 Å². The van der Waals surface area contributed by atoms with E-state index in [4.69, 9.17) is 5.73 Å². The van der Waals surface area contributed by atoms with Gasteiger partial charge in [0, 0.05) is 19.3 Å². The first kappa shape index (κ1) is 15.4. The number of carbonyl (C=O) groups excluding carboxylic acids is 1. The number of nitrogens with two attached hydrogens (primary N) is 1. The van der Waals surface area contributed by atoms with Gasteiger partial charge in [-0.05, 0) is 30.9 Å². The van der Waals surface area contributed by atoms with Crippen molar-refractivity contribution in [2.75, 3.05) is 18.4 Å². The van der Waals surface area contributed by atoms with E-state index in [1.165, 1.54) is 0 Å². The average Bonchev–Trinajstić information content (AvgIpc) is 2.38. The molecule has 19 heavy (non-hydrogen) atoms. The Bertz CT molecular complexity index is 367. The van der Waals surface area contributed by atoms with Gasteiger partial charge in [-0.15, -0.1) is 0 Å². The molecule has 1 amide bonds. The molecule has 0 spiro atoms. The van der Waals surface area contributed by atoms with Gasteiger partial charge < -0.3 is 16.4 Å². The van der Waals surface area contributed by atoms with Crippen LogP contribution in [-0.2, 0) is 4.79 Å². The summed E-state index contributed by atoms with van der Waals surface area (Å²) in [5, 5.41) is 6.04. The molecule has 0 aliphatic carbocycles. The SMILES string of the molecule is CC(C)C[C@H](N)C(=O)NCCCNc1ccccn1. The summed E-state index contributed by atoms with van der Waals surface area (Å²) in [7, 11) is 0. The molecule has 0 aliphatic heterocycles. The summed E-state index contributed by atoms with van der Waals surface area (Å²) in [6.45, 7) is 5.52. The van der Waals surface area contributed by atoms with Gasteiger partial charge in [-0.2, -0.15) is 0 Å². The Balaban J connectivity index is 2.09. The predicted octanol–water partition coefficient (Wildman–Crippen LogP) is 1.37. The second-order valence-electron chi connectivity index (χ2n) is 5.02. The molecule has 0 fully saturated rings. The predicted molar refractivity (Wildman–Crippen MR) is 77.8 cm³/mol. The molecule has 0 saturated heterocycles. The van der Waals surface area contributed by atoms with E-state index in [2.05, 4.69) is 29.5 Å². The van der Waals surface area contributed by atoms with Crippen LogP contribution in [-0.4, -0.2) is 30.0 Å². The summed E-state index contributed by atoms with van der Waals surface area (Å²) in [6, 6.07) is 5.32. The number of nitrogens with zero attached hydrogens (tertiary/aromatic N) is 1. The van der Waals surface area contributed by atoms with Crippen molar-refractivity contribution in [1.29, 1.82) is 0 Å². The van der Waals surface area contributed by atoms with Crippen LogP contribution in [0.1, 0.15) is 26.7 Å². The van der Waals surface area contributed by atoms with E-state index < -0.39 is 6.04 Å². The third-order valence-corrected chi connectivity index (χ3v) is 2.69. The largest absolute Gasteiger partial charge is 0.370 e. The minimum absolute atomic E-state index is 0.0634. The van der Waals surface area contributed by atoms with Gasteiger partial charge in [0.2, 0.25) is 5.91 Å². The van der Waals surface area contributed by atoms with Crippen molar-refractivity contribution in [3.05, 3.63) is 24.4 Å². The second kappa shape index (κ2) is 8.48. The number of anilines is 1. The summed E-state index contributed by atoms with van der Waals surface area (Å²) >= 11 is 0. The Morgan fingerprint density at radius 2 is 2.16 bits per heavy atom. The van der Waals surface area contributed by atoms with Crippen molar-refractivity contribution in [1.82, 2.24) is 10.3 Å². The molecule has 0 radical (unpaired) electrons. The van der Waals surface area contributed by atoms with Gasteiger partial charge in [0.05, 0.1) is 6.04 Å². The summed E-state index contributed by atoms with van der Waals surface area (Å²) < 4.78 is 0. The van der Waals surface area contributed by atoms with Crippen LogP contribution in [0, 0.1) is 5.92 Å². The van der Waals surface area contributed by atoms with Crippen LogP contribution in [0.2, 0.25) is 0 Å². The number of carbonyl (C=O) groups is 1. The lowest BCUT2D eigenvalue weighted by atomic mass is 10.0. The number of rotatable bonds is 8. The molecule has 106 valence electrons. The summed E-state index contributed by atoms with van der Waals surface area (Å²) in [6.07, 6.45) is 3.31. The van der Waals surface area contributed by atoms with Crippen LogP contribution in [0.5, 0.6) is 0 Å². The highest BCUT2D eigenvalue weighted by Gasteiger charge is 2.13. The van der Waals surface area contributed by atoms with Crippen LogP contribution < -0.4 is 16.4 Å². The Hall–Kier alpha value is -1.62. The molecule has 0 unspecified atom stereocenters. The van der Waals surface area contributed by atoms with Gasteiger partial charge in [0.25, 0.3) is 0 Å². The number of nitrogens with one attached hydrogen (secondary N) is 2. The van der Waals surface area contributed by atoms with Crippen molar-refractivity contribution in [3.63, 3.8) is 0 Å². The maximum absolute atomic E-state index is 11.6. The molecule has 0 saturated carbocycles. The van der Waals surface area contributed by atoms with Gasteiger partial charge in [-0.25, -0.2) is 4.98 Å². The number of pyridine rings is 1. The van der Waals surface area contributed by atoms with Crippen molar-refractivity contribution in [2.24, 2.45) is 11.7 Å². The summed E-state index contributed by atoms with van der Waals surface area (Å²) in [4.78, 5) is 15.8. The smallest absolute Gasteiger partial charge is 0.236 e. The topological polar surface area (TPSA) is 80.0 Å². The molecule has 1 aromatic rings. The fraction of sp³-hybridized carbons (Fsp3) is 0.571. The monoisotopic (exact) mass is 264 g/mol. The van der Waals surface area contributed by atoms with E-state index in [-0.39, 0.29) is 5.91 Å². The Labute approximate surface area is 115 Å². The van der Waals surface area contributed by atoms with Gasteiger partial charge in [-0.1, -0.05) is 19.9 Å². The molecule has 1 aromatic heterocycles. The second-order valence-corrected chi connectivity index (χ2v) is 5.02. The van der Waals surface area contributed by atoms with E-state index in [0.29, 0.717) is 12.5 Å². The number of aromatic nitrogens is 1. The molecule has 1 rings (SSSR count). The molecule has 5 heteroatoms. The lowest BCUT2D eigenvalue weighted by Crippen LogP contribution is -2.41. The molecule has 1 heterocycles. The number of hydrogen-bond donors (Lipinski definition) is 3. The van der Waals surface area contributed by atoms with Crippen LogP contribution in [0.25, 0.3) is 0 Å². The average molecular weight is 264 g/mol. The molecule has 0 aromatic carbocycles. The van der Waals surface area contributed by atoms with Gasteiger partial charge in [-0.3, -0.25) is 4.79 Å². The van der Waals surface area contributed by atoms with Crippen LogP contribution in [0.15, 0.2) is 24.4 Å². The lowest BCUT2D eigenvalue weighted by Gasteiger charge is -2.14. The number of hydrogen-bond acceptors (Lipinski definition) is 4. The van der Waals surface area contributed by atoms with E-state index in [1.54, 1.807) is 6.20 Å². The Morgan fingerprint density at radius 3 is 2.79 bits per heavy atom. The quantitative estimate of drug-likeness (QED) is 0.620. The van der Waals surface area contributed by atoms with Crippen molar-refractivity contribution in [2.45, 2.75) is 32.7 Å². The third kappa shape index (κ3) is 6.76. The van der Waals surface area contributed by atoms with E-state index in [1.807, 2.05) is 18.2 Å². The van der Waals surface area contributed by atoms with Crippen LogP contribution in [0.4, 0.5) is 5.82 Å². The standard InChI is InChI=1S/C14H24N4O/c1-11(2)10-12(15)14(19)18-9-5-8-17-13-6-3-4-7-16-13/h3-4,6-7,11-12H,5,8-10,15H2,1-2H3,(H,16,17)(H,18,19)/t12-/m0/s1. The molecular formula is C14H24N4O. The zero-order valence-electron chi connectivity index (χ0n) is 11.7. The molecule has 1 atom stereocenters. The maximum Gasteiger partial charge on any atom is 0.236 e. The summed E-state index contributed by atoms with van der Waals surface area (Å²) in [5.74, 6) is 1.23. The highest BCUT2D eigenvalue weighted by molar-refractivity contribution is 5.81. The lowest BCUT2D eigenvalue weighted by molar-refractivity contribution is -0.122. The van der Waals surface area contributed by atoms with Gasteiger partial charge in [0.15, 0.2) is 0 Å². The van der Waals surface area contributed by atoms with E-state index >= 15 is 0 Å². The molecule has 0 bridgehead atoms. The molecule has 4 N–H and O–H groups in total. The van der Waals surface area contributed by atoms with Crippen molar-refractivity contribution in [3.8, 4) is 0 Å². The first-order valence-corrected chi connectivity index (χ1v) is 6.77. The molecule has 0 aliphatic rings. The first-order chi connectivity index (χ1) is 9.09. The Morgan fingerprint density at radius 1 is 1.37 bits per heavy atom. The fourth-order valence-corrected chi connectivity index (χ4v) is 1.73. The molecule has 5 nitrogen and oxygen atoms in total.